The number of methoxy groups -OCH3 is 1. The van der Waals surface area contributed by atoms with E-state index in [0.717, 1.165) is 22.6 Å². The van der Waals surface area contributed by atoms with E-state index in [2.05, 4.69) is 10.6 Å². The van der Waals surface area contributed by atoms with Crippen LogP contribution in [0.5, 0.6) is 5.75 Å². The lowest BCUT2D eigenvalue weighted by Crippen LogP contribution is -2.46. The molecule has 0 saturated carbocycles. The van der Waals surface area contributed by atoms with Gasteiger partial charge in [0.15, 0.2) is 5.11 Å². The molecule has 0 spiro atoms. The van der Waals surface area contributed by atoms with E-state index >= 15 is 0 Å². The van der Waals surface area contributed by atoms with Crippen LogP contribution < -0.4 is 15.4 Å². The Morgan fingerprint density at radius 3 is 2.56 bits per heavy atom. The SMILES string of the molecule is CCOC(=O)C1=C(C)N(C)C(=S)NC1c1cccc(NC(=O)Cc2ccc(OC)cc2)c1. The average Bonchev–Trinajstić information content (AvgIpc) is 2.78. The molecule has 3 rings (SSSR count). The summed E-state index contributed by atoms with van der Waals surface area (Å²) in [6.45, 7) is 3.89. The van der Waals surface area contributed by atoms with Gasteiger partial charge in [-0.05, 0) is 61.5 Å². The van der Waals surface area contributed by atoms with Gasteiger partial charge in [0.05, 0.1) is 31.8 Å². The Balaban J connectivity index is 1.81. The maximum absolute atomic E-state index is 12.7. The van der Waals surface area contributed by atoms with Gasteiger partial charge in [-0.2, -0.15) is 0 Å². The molecule has 1 amide bonds. The van der Waals surface area contributed by atoms with Crippen molar-refractivity contribution in [2.45, 2.75) is 26.3 Å². The van der Waals surface area contributed by atoms with Gasteiger partial charge >= 0.3 is 5.97 Å². The van der Waals surface area contributed by atoms with Crippen molar-refractivity contribution in [3.63, 3.8) is 0 Å². The number of thiocarbonyl (C=S) groups is 1. The smallest absolute Gasteiger partial charge is 0.338 e. The van der Waals surface area contributed by atoms with Crippen LogP contribution in [-0.4, -0.2) is 42.7 Å². The Morgan fingerprint density at radius 2 is 1.91 bits per heavy atom. The van der Waals surface area contributed by atoms with Gasteiger partial charge in [-0.1, -0.05) is 24.3 Å². The van der Waals surface area contributed by atoms with Gasteiger partial charge in [-0.25, -0.2) is 4.79 Å². The molecule has 1 aliphatic rings. The molecule has 0 aromatic heterocycles. The Kier molecular flexibility index (Phi) is 7.48. The molecule has 2 N–H and O–H groups in total. The third-order valence-corrected chi connectivity index (χ3v) is 5.67. The first-order valence-corrected chi connectivity index (χ1v) is 10.7. The molecule has 168 valence electrons. The number of anilines is 1. The van der Waals surface area contributed by atoms with E-state index in [1.165, 1.54) is 0 Å². The van der Waals surface area contributed by atoms with Gasteiger partial charge in [0.25, 0.3) is 0 Å². The lowest BCUT2D eigenvalue weighted by Gasteiger charge is -2.35. The number of allylic oxidation sites excluding steroid dienone is 1. The molecule has 0 saturated heterocycles. The van der Waals surface area contributed by atoms with Crippen LogP contribution in [0.15, 0.2) is 59.8 Å². The number of carbonyl (C=O) groups is 2. The number of carbonyl (C=O) groups excluding carboxylic acids is 2. The molecular formula is C24H27N3O4S. The molecule has 32 heavy (non-hydrogen) atoms. The summed E-state index contributed by atoms with van der Waals surface area (Å²) in [6.07, 6.45) is 0.234. The van der Waals surface area contributed by atoms with Crippen molar-refractivity contribution < 1.29 is 19.1 Å². The van der Waals surface area contributed by atoms with Crippen LogP contribution in [0.2, 0.25) is 0 Å². The monoisotopic (exact) mass is 453 g/mol. The van der Waals surface area contributed by atoms with E-state index in [-0.39, 0.29) is 18.9 Å². The molecule has 1 unspecified atom stereocenters. The third kappa shape index (κ3) is 5.26. The van der Waals surface area contributed by atoms with E-state index in [4.69, 9.17) is 21.7 Å². The molecule has 2 aromatic carbocycles. The fourth-order valence-corrected chi connectivity index (χ4v) is 3.74. The summed E-state index contributed by atoms with van der Waals surface area (Å²) in [5.41, 5.74) is 3.53. The van der Waals surface area contributed by atoms with E-state index in [1.54, 1.807) is 26.0 Å². The molecule has 0 bridgehead atoms. The van der Waals surface area contributed by atoms with Crippen LogP contribution in [0.1, 0.15) is 31.0 Å². The van der Waals surface area contributed by atoms with Gasteiger partial charge in [-0.3, -0.25) is 4.79 Å². The fourth-order valence-electron chi connectivity index (χ4n) is 3.49. The quantitative estimate of drug-likeness (QED) is 0.490. The molecule has 0 fully saturated rings. The van der Waals surface area contributed by atoms with Crippen molar-refractivity contribution in [2.24, 2.45) is 0 Å². The van der Waals surface area contributed by atoms with Gasteiger partial charge in [0.2, 0.25) is 5.91 Å². The van der Waals surface area contributed by atoms with E-state index < -0.39 is 12.0 Å². The van der Waals surface area contributed by atoms with Gasteiger partial charge < -0.3 is 25.0 Å². The highest BCUT2D eigenvalue weighted by Crippen LogP contribution is 2.32. The van der Waals surface area contributed by atoms with Crippen LogP contribution in [-0.2, 0) is 20.7 Å². The highest BCUT2D eigenvalue weighted by molar-refractivity contribution is 7.80. The number of ether oxygens (including phenoxy) is 2. The predicted octanol–water partition coefficient (Wildman–Crippen LogP) is 3.57. The number of benzene rings is 2. The minimum atomic E-state index is -0.476. The van der Waals surface area contributed by atoms with E-state index in [0.29, 0.717) is 16.4 Å². The Labute approximate surface area is 193 Å². The highest BCUT2D eigenvalue weighted by Gasteiger charge is 2.33. The second kappa shape index (κ2) is 10.3. The van der Waals surface area contributed by atoms with Crippen LogP contribution in [0.3, 0.4) is 0 Å². The zero-order valence-corrected chi connectivity index (χ0v) is 19.4. The Hall–Kier alpha value is -3.39. The minimum absolute atomic E-state index is 0.142. The number of nitrogens with one attached hydrogen (secondary N) is 2. The summed E-state index contributed by atoms with van der Waals surface area (Å²) >= 11 is 5.43. The second-order valence-corrected chi connectivity index (χ2v) is 7.75. The number of amides is 1. The van der Waals surface area contributed by atoms with E-state index in [1.807, 2.05) is 55.5 Å². The molecule has 8 heteroatoms. The van der Waals surface area contributed by atoms with Gasteiger partial charge in [0, 0.05) is 18.4 Å². The summed E-state index contributed by atoms with van der Waals surface area (Å²) in [6, 6.07) is 14.3. The third-order valence-electron chi connectivity index (χ3n) is 5.28. The summed E-state index contributed by atoms with van der Waals surface area (Å²) in [7, 11) is 3.40. The van der Waals surface area contributed by atoms with E-state index in [9.17, 15) is 9.59 Å². The average molecular weight is 454 g/mol. The zero-order chi connectivity index (χ0) is 23.3. The topological polar surface area (TPSA) is 79.9 Å². The highest BCUT2D eigenvalue weighted by atomic mass is 32.1. The lowest BCUT2D eigenvalue weighted by atomic mass is 9.95. The number of esters is 1. The van der Waals surface area contributed by atoms with Gasteiger partial charge in [0.1, 0.15) is 5.75 Å². The second-order valence-electron chi connectivity index (χ2n) is 7.36. The molecule has 1 heterocycles. The van der Waals surface area contributed by atoms with Crippen molar-refractivity contribution in [1.82, 2.24) is 10.2 Å². The lowest BCUT2D eigenvalue weighted by molar-refractivity contribution is -0.139. The molecule has 1 aliphatic heterocycles. The molecular weight excluding hydrogens is 426 g/mol. The minimum Gasteiger partial charge on any atom is -0.497 e. The molecule has 0 radical (unpaired) electrons. The largest absolute Gasteiger partial charge is 0.497 e. The van der Waals surface area contributed by atoms with Crippen molar-refractivity contribution >= 4 is 34.9 Å². The molecule has 7 nitrogen and oxygen atoms in total. The maximum Gasteiger partial charge on any atom is 0.338 e. The molecule has 0 aliphatic carbocycles. The summed E-state index contributed by atoms with van der Waals surface area (Å²) < 4.78 is 10.4. The summed E-state index contributed by atoms with van der Waals surface area (Å²) in [4.78, 5) is 27.0. The van der Waals surface area contributed by atoms with Crippen molar-refractivity contribution in [2.75, 3.05) is 26.1 Å². The Morgan fingerprint density at radius 1 is 1.19 bits per heavy atom. The van der Waals surface area contributed by atoms with Crippen molar-refractivity contribution in [3.05, 3.63) is 70.9 Å². The van der Waals surface area contributed by atoms with Crippen molar-refractivity contribution in [3.8, 4) is 5.75 Å². The number of nitrogens with zero attached hydrogens (tertiary/aromatic N) is 1. The number of hydrogen-bond donors (Lipinski definition) is 2. The zero-order valence-electron chi connectivity index (χ0n) is 18.6. The first-order valence-electron chi connectivity index (χ1n) is 10.3. The van der Waals surface area contributed by atoms with Crippen molar-refractivity contribution in [1.29, 1.82) is 0 Å². The standard InChI is InChI=1S/C24H27N3O4S/c1-5-31-23(29)21-15(2)27(3)24(32)26-22(21)17-7-6-8-18(14-17)25-20(28)13-16-9-11-19(30-4)12-10-16/h6-12,14,22H,5,13H2,1-4H3,(H,25,28)(H,26,32). The summed E-state index contributed by atoms with van der Waals surface area (Å²) in [5, 5.41) is 6.64. The Bertz CT molecular complexity index is 1050. The van der Waals surface area contributed by atoms with Crippen LogP contribution >= 0.6 is 12.2 Å². The molecule has 2 aromatic rings. The van der Waals surface area contributed by atoms with Crippen LogP contribution in [0.25, 0.3) is 0 Å². The predicted molar refractivity (Wildman–Crippen MR) is 127 cm³/mol. The summed E-state index contributed by atoms with van der Waals surface area (Å²) in [5.74, 6) is 0.202. The first-order chi connectivity index (χ1) is 15.3. The molecule has 1 atom stereocenters. The maximum atomic E-state index is 12.7. The fraction of sp³-hybridized carbons (Fsp3) is 0.292. The first kappa shape index (κ1) is 23.3. The normalized spacial score (nSPS) is 15.8. The van der Waals surface area contributed by atoms with Gasteiger partial charge in [-0.15, -0.1) is 0 Å². The van der Waals surface area contributed by atoms with Crippen LogP contribution in [0, 0.1) is 0 Å². The van der Waals surface area contributed by atoms with Crippen LogP contribution in [0.4, 0.5) is 5.69 Å². The number of hydrogen-bond acceptors (Lipinski definition) is 5. The number of rotatable bonds is 7.